The molecule has 0 saturated carbocycles. The van der Waals surface area contributed by atoms with Gasteiger partial charge in [0.05, 0.1) is 0 Å². The van der Waals surface area contributed by atoms with Crippen LogP contribution < -0.4 is 5.32 Å². The Morgan fingerprint density at radius 2 is 1.95 bits per heavy atom. The van der Waals surface area contributed by atoms with Crippen molar-refractivity contribution in [2.45, 2.75) is 45.7 Å². The van der Waals surface area contributed by atoms with E-state index >= 15 is 0 Å². The maximum atomic E-state index is 3.58. The third-order valence-corrected chi connectivity index (χ3v) is 5.64. The van der Waals surface area contributed by atoms with Crippen LogP contribution in [0.2, 0.25) is 0 Å². The molecule has 1 aromatic rings. The van der Waals surface area contributed by atoms with Crippen LogP contribution in [-0.2, 0) is 0 Å². The molecule has 0 aliphatic carbocycles. The summed E-state index contributed by atoms with van der Waals surface area (Å²) in [6.45, 7) is 13.0. The predicted octanol–water partition coefficient (Wildman–Crippen LogP) is 3.38. The summed E-state index contributed by atoms with van der Waals surface area (Å²) < 4.78 is 0. The van der Waals surface area contributed by atoms with Gasteiger partial charge < -0.3 is 5.32 Å². The van der Waals surface area contributed by atoms with Gasteiger partial charge in [-0.15, -0.1) is 0 Å². The lowest BCUT2D eigenvalue weighted by Crippen LogP contribution is -2.46. The van der Waals surface area contributed by atoms with E-state index in [0.717, 1.165) is 11.8 Å². The molecule has 2 heteroatoms. The second-order valence-corrected chi connectivity index (χ2v) is 7.17. The number of nitrogens with one attached hydrogen (secondary N) is 1. The molecule has 3 unspecified atom stereocenters. The Morgan fingerprint density at radius 1 is 1.25 bits per heavy atom. The molecule has 3 atom stereocenters. The number of likely N-dealkylation sites (tertiary alicyclic amines) is 1. The summed E-state index contributed by atoms with van der Waals surface area (Å²) in [6, 6.07) is 9.72. The zero-order chi connectivity index (χ0) is 14.3. The molecule has 0 radical (unpaired) electrons. The zero-order valence-corrected chi connectivity index (χ0v) is 13.3. The number of hydrogen-bond donors (Lipinski definition) is 1. The number of nitrogens with zero attached hydrogens (tertiary/aromatic N) is 1. The summed E-state index contributed by atoms with van der Waals surface area (Å²) in [6.07, 6.45) is 1.19. The van der Waals surface area contributed by atoms with Crippen molar-refractivity contribution in [3.63, 3.8) is 0 Å². The molecule has 20 heavy (non-hydrogen) atoms. The molecule has 1 N–H and O–H groups in total. The summed E-state index contributed by atoms with van der Waals surface area (Å²) in [7, 11) is 0. The van der Waals surface area contributed by atoms with Crippen molar-refractivity contribution in [2.24, 2.45) is 11.8 Å². The number of hydrogen-bond acceptors (Lipinski definition) is 2. The smallest absolute Gasteiger partial charge is 0.0351 e. The van der Waals surface area contributed by atoms with Crippen molar-refractivity contribution in [2.75, 3.05) is 19.6 Å². The highest BCUT2D eigenvalue weighted by Crippen LogP contribution is 2.45. The normalized spacial score (nSPS) is 30.4. The Labute approximate surface area is 123 Å². The van der Waals surface area contributed by atoms with Gasteiger partial charge in [-0.2, -0.15) is 0 Å². The Hall–Kier alpha value is -0.860. The Balaban J connectivity index is 1.88. The summed E-state index contributed by atoms with van der Waals surface area (Å²) in [5.41, 5.74) is 3.14. The lowest BCUT2D eigenvalue weighted by molar-refractivity contribution is 0.0859. The Bertz CT molecular complexity index is 463. The highest BCUT2D eigenvalue weighted by molar-refractivity contribution is 5.25. The van der Waals surface area contributed by atoms with E-state index in [0.29, 0.717) is 11.6 Å². The minimum Gasteiger partial charge on any atom is -0.316 e. The number of fused-ring (bicyclic) bond motifs is 1. The van der Waals surface area contributed by atoms with Crippen LogP contribution in [0.15, 0.2) is 24.3 Å². The van der Waals surface area contributed by atoms with Gasteiger partial charge in [0.2, 0.25) is 0 Å². The fourth-order valence-electron chi connectivity index (χ4n) is 4.41. The van der Waals surface area contributed by atoms with Gasteiger partial charge in [-0.25, -0.2) is 0 Å². The van der Waals surface area contributed by atoms with Crippen LogP contribution in [0.3, 0.4) is 0 Å². The van der Waals surface area contributed by atoms with E-state index in [1.807, 2.05) is 0 Å². The Morgan fingerprint density at radius 3 is 2.55 bits per heavy atom. The monoisotopic (exact) mass is 272 g/mol. The summed E-state index contributed by atoms with van der Waals surface area (Å²) >= 11 is 0. The molecule has 110 valence electrons. The van der Waals surface area contributed by atoms with E-state index in [4.69, 9.17) is 0 Å². The highest BCUT2D eigenvalue weighted by atomic mass is 15.3. The van der Waals surface area contributed by atoms with E-state index in [9.17, 15) is 0 Å². The maximum Gasteiger partial charge on any atom is 0.0351 e. The van der Waals surface area contributed by atoms with Gasteiger partial charge in [-0.3, -0.25) is 4.90 Å². The van der Waals surface area contributed by atoms with E-state index < -0.39 is 0 Å². The van der Waals surface area contributed by atoms with Crippen molar-refractivity contribution in [1.82, 2.24) is 10.2 Å². The van der Waals surface area contributed by atoms with Crippen molar-refractivity contribution >= 4 is 0 Å². The molecule has 2 fully saturated rings. The fraction of sp³-hybridized carbons (Fsp3) is 0.667. The molecule has 3 rings (SSSR count). The van der Waals surface area contributed by atoms with Crippen LogP contribution >= 0.6 is 0 Å². The lowest BCUT2D eigenvalue weighted by atomic mass is 9.84. The lowest BCUT2D eigenvalue weighted by Gasteiger charge is -2.41. The third-order valence-electron chi connectivity index (χ3n) is 5.64. The van der Waals surface area contributed by atoms with Crippen LogP contribution in [0.1, 0.15) is 44.4 Å². The molecule has 0 amide bonds. The van der Waals surface area contributed by atoms with Crippen LogP contribution in [0.5, 0.6) is 0 Å². The molecule has 2 nitrogen and oxygen atoms in total. The first-order valence-corrected chi connectivity index (χ1v) is 8.08. The first kappa shape index (κ1) is 14.1. The number of benzene rings is 1. The van der Waals surface area contributed by atoms with Crippen LogP contribution in [0.4, 0.5) is 0 Å². The van der Waals surface area contributed by atoms with Crippen LogP contribution in [0.25, 0.3) is 0 Å². The SMILES string of the molecule is CCC(c1ccc(C)cc1)N1CC2CNCC2C1(C)C. The van der Waals surface area contributed by atoms with Crippen molar-refractivity contribution in [1.29, 1.82) is 0 Å². The molecule has 2 heterocycles. The molecule has 2 aliphatic rings. The van der Waals surface area contributed by atoms with Crippen LogP contribution in [0, 0.1) is 18.8 Å². The van der Waals surface area contributed by atoms with Gasteiger partial charge in [0.1, 0.15) is 0 Å². The van der Waals surface area contributed by atoms with E-state index in [-0.39, 0.29) is 0 Å². The second kappa shape index (κ2) is 5.16. The first-order chi connectivity index (χ1) is 9.54. The summed E-state index contributed by atoms with van der Waals surface area (Å²) in [5, 5.41) is 3.58. The second-order valence-electron chi connectivity index (χ2n) is 7.17. The molecular weight excluding hydrogens is 244 g/mol. The predicted molar refractivity (Wildman–Crippen MR) is 84.8 cm³/mol. The molecule has 0 bridgehead atoms. The largest absolute Gasteiger partial charge is 0.316 e. The van der Waals surface area contributed by atoms with Gasteiger partial charge >= 0.3 is 0 Å². The number of rotatable bonds is 3. The average Bonchev–Trinajstić information content (AvgIpc) is 2.97. The summed E-state index contributed by atoms with van der Waals surface area (Å²) in [5.74, 6) is 1.64. The van der Waals surface area contributed by atoms with Crippen molar-refractivity contribution in [3.8, 4) is 0 Å². The van der Waals surface area contributed by atoms with Crippen molar-refractivity contribution in [3.05, 3.63) is 35.4 Å². The molecule has 0 aromatic heterocycles. The molecular formula is C18H28N2. The van der Waals surface area contributed by atoms with Gasteiger partial charge in [-0.05, 0) is 51.1 Å². The highest BCUT2D eigenvalue weighted by Gasteiger charge is 2.51. The first-order valence-electron chi connectivity index (χ1n) is 8.08. The Kier molecular flexibility index (Phi) is 3.64. The third kappa shape index (κ3) is 2.19. The van der Waals surface area contributed by atoms with Gasteiger partial charge in [0.15, 0.2) is 0 Å². The van der Waals surface area contributed by atoms with E-state index in [2.05, 4.69) is 62.2 Å². The molecule has 2 aliphatic heterocycles. The average molecular weight is 272 g/mol. The fourth-order valence-corrected chi connectivity index (χ4v) is 4.41. The van der Waals surface area contributed by atoms with Crippen molar-refractivity contribution < 1.29 is 0 Å². The quantitative estimate of drug-likeness (QED) is 0.907. The summed E-state index contributed by atoms with van der Waals surface area (Å²) in [4.78, 5) is 2.77. The zero-order valence-electron chi connectivity index (χ0n) is 13.3. The topological polar surface area (TPSA) is 15.3 Å². The molecule has 0 spiro atoms. The van der Waals surface area contributed by atoms with Gasteiger partial charge in [0, 0.05) is 24.7 Å². The molecule has 1 aromatic carbocycles. The minimum absolute atomic E-state index is 0.305. The molecule has 2 saturated heterocycles. The minimum atomic E-state index is 0.305. The standard InChI is InChI=1S/C18H28N2/c1-5-17(14-8-6-13(2)7-9-14)20-12-15-10-19-11-16(15)18(20,3)4/h6-9,15-17,19H,5,10-12H2,1-4H3. The van der Waals surface area contributed by atoms with Crippen LogP contribution in [-0.4, -0.2) is 30.1 Å². The van der Waals surface area contributed by atoms with Gasteiger partial charge in [0.25, 0.3) is 0 Å². The maximum absolute atomic E-state index is 3.58. The van der Waals surface area contributed by atoms with E-state index in [1.165, 1.54) is 37.2 Å². The van der Waals surface area contributed by atoms with Gasteiger partial charge in [-0.1, -0.05) is 36.8 Å². The van der Waals surface area contributed by atoms with E-state index in [1.54, 1.807) is 0 Å². The number of aryl methyl sites for hydroxylation is 1.